The van der Waals surface area contributed by atoms with Crippen LogP contribution >= 0.6 is 0 Å². The number of nitrogens with zero attached hydrogens (tertiary/aromatic N) is 18. The third-order valence-electron chi connectivity index (χ3n) is 15.9. The molecule has 0 saturated carbocycles. The Morgan fingerprint density at radius 3 is 0.933 bits per heavy atom. The van der Waals surface area contributed by atoms with Crippen molar-refractivity contribution >= 4 is 49.3 Å². The van der Waals surface area contributed by atoms with Gasteiger partial charge in [-0.1, -0.05) is 78.9 Å². The van der Waals surface area contributed by atoms with Gasteiger partial charge in [0.05, 0.1) is 40.0 Å². The number of aryl methyl sites for hydroxylation is 8. The molecule has 0 unspecified atom stereocenters. The van der Waals surface area contributed by atoms with E-state index < -0.39 is 0 Å². The van der Waals surface area contributed by atoms with Gasteiger partial charge in [-0.15, -0.1) is 0 Å². The second-order valence-corrected chi connectivity index (χ2v) is 22.2. The summed E-state index contributed by atoms with van der Waals surface area (Å²) in [4.78, 5) is 76.4. The predicted octanol–water partition coefficient (Wildman–Crippen LogP) is 15.2. The van der Waals surface area contributed by atoms with Gasteiger partial charge in [0.15, 0.2) is 40.8 Å². The van der Waals surface area contributed by atoms with Gasteiger partial charge < -0.3 is 9.13 Å². The summed E-state index contributed by atoms with van der Waals surface area (Å²) in [5.41, 5.74) is 12.6. The van der Waals surface area contributed by atoms with Crippen molar-refractivity contribution in [2.24, 2.45) is 0 Å². The minimum atomic E-state index is 0.441. The molecule has 15 rings (SSSR count). The van der Waals surface area contributed by atoms with Crippen LogP contribution in [0.15, 0.2) is 170 Å². The Labute approximate surface area is 516 Å². The van der Waals surface area contributed by atoms with Crippen LogP contribution in [0.5, 0.6) is 0 Å². The minimum absolute atomic E-state index is 0.441. The predicted molar refractivity (Wildman–Crippen MR) is 350 cm³/mol. The summed E-state index contributed by atoms with van der Waals surface area (Å²) in [5.74, 6) is 8.76. The van der Waals surface area contributed by atoms with Crippen molar-refractivity contribution in [1.82, 2.24) is 83.9 Å². The topological polar surface area (TPSA) is 208 Å². The zero-order valence-electron chi connectivity index (χ0n) is 50.2. The molecule has 8 aromatic carbocycles. The molecule has 0 aliphatic carbocycles. The fourth-order valence-corrected chi connectivity index (χ4v) is 12.2. The summed E-state index contributed by atoms with van der Waals surface area (Å²) in [7, 11) is 0. The van der Waals surface area contributed by atoms with Crippen LogP contribution in [-0.4, -0.2) is 83.9 Å². The molecule has 18 heteroatoms. The highest BCUT2D eigenvalue weighted by Crippen LogP contribution is 2.45. The van der Waals surface area contributed by atoms with Gasteiger partial charge in [-0.3, -0.25) is 0 Å². The summed E-state index contributed by atoms with van der Waals surface area (Å²) in [6.07, 6.45) is 0. The Balaban J connectivity index is 0.996. The van der Waals surface area contributed by atoms with Crippen LogP contribution < -0.4 is 0 Å². The SMILES string of the molecule is [C-]#[N+]c1c(-c2ccc(-c3nc(-c4ccccc4)nc(-c4ccccc4)n3)c(-n3c4ccc(-c5nc(C)nc(C)n5)cc4c4cc(-c5nc(C)nc(C)n5)ccc43)c2)cccc1-n1c2ccc(-c3nc(C)nc(C)n3)cc2c2cc(-c3nc(C)nc(C)n3)ccc21. The van der Waals surface area contributed by atoms with Crippen LogP contribution in [0.4, 0.5) is 5.69 Å². The van der Waals surface area contributed by atoms with Crippen molar-refractivity contribution in [3.63, 3.8) is 0 Å². The highest BCUT2D eigenvalue weighted by atomic mass is 15.1. The number of benzene rings is 8. The number of aromatic nitrogens is 17. The monoisotopic (exact) mass is 1170 g/mol. The molecule has 7 heterocycles. The Morgan fingerprint density at radius 1 is 0.256 bits per heavy atom. The van der Waals surface area contributed by atoms with E-state index >= 15 is 0 Å². The van der Waals surface area contributed by atoms with Crippen LogP contribution in [0.25, 0.3) is 151 Å². The summed E-state index contributed by atoms with van der Waals surface area (Å²) >= 11 is 0. The van der Waals surface area contributed by atoms with E-state index in [1.54, 1.807) is 0 Å². The van der Waals surface area contributed by atoms with Gasteiger partial charge in [-0.05, 0) is 158 Å². The lowest BCUT2D eigenvalue weighted by molar-refractivity contribution is 0.928. The van der Waals surface area contributed by atoms with Crippen molar-refractivity contribution < 1.29 is 0 Å². The molecule has 0 atom stereocenters. The summed E-state index contributed by atoms with van der Waals surface area (Å²) < 4.78 is 4.43. The third-order valence-corrected chi connectivity index (χ3v) is 15.9. The van der Waals surface area contributed by atoms with Gasteiger partial charge in [0, 0.05) is 60.5 Å². The van der Waals surface area contributed by atoms with Crippen LogP contribution in [0, 0.1) is 62.0 Å². The first kappa shape index (κ1) is 54.5. The van der Waals surface area contributed by atoms with E-state index in [0.29, 0.717) is 104 Å². The second-order valence-electron chi connectivity index (χ2n) is 22.2. The molecule has 0 radical (unpaired) electrons. The quantitative estimate of drug-likeness (QED) is 0.117. The first-order valence-electron chi connectivity index (χ1n) is 29.3. The van der Waals surface area contributed by atoms with E-state index in [4.69, 9.17) is 54.8 Å². The lowest BCUT2D eigenvalue weighted by Crippen LogP contribution is -2.04. The molecule has 0 amide bonds. The number of rotatable bonds is 10. The lowest BCUT2D eigenvalue weighted by Gasteiger charge is -2.18. The van der Waals surface area contributed by atoms with Crippen molar-refractivity contribution in [2.75, 3.05) is 0 Å². The fraction of sp³-hybridized carbons (Fsp3) is 0.111. The van der Waals surface area contributed by atoms with Crippen molar-refractivity contribution in [2.45, 2.75) is 55.4 Å². The number of hydrogen-bond acceptors (Lipinski definition) is 15. The minimum Gasteiger partial charge on any atom is -0.319 e. The second kappa shape index (κ2) is 21.7. The number of fused-ring (bicyclic) bond motifs is 6. The maximum atomic E-state index is 9.20. The molecular formula is C72H52N18. The van der Waals surface area contributed by atoms with Crippen molar-refractivity contribution in [3.05, 3.63) is 228 Å². The van der Waals surface area contributed by atoms with Crippen LogP contribution in [0.1, 0.15) is 46.6 Å². The van der Waals surface area contributed by atoms with E-state index in [1.807, 2.05) is 146 Å². The van der Waals surface area contributed by atoms with Crippen LogP contribution in [0.2, 0.25) is 0 Å². The first-order chi connectivity index (χ1) is 43.8. The number of para-hydroxylation sites is 1. The Morgan fingerprint density at radius 2 is 0.578 bits per heavy atom. The molecule has 0 saturated heterocycles. The maximum absolute atomic E-state index is 9.20. The van der Waals surface area contributed by atoms with E-state index in [1.165, 1.54) is 0 Å². The maximum Gasteiger partial charge on any atom is 0.218 e. The summed E-state index contributed by atoms with van der Waals surface area (Å²) in [6.45, 7) is 24.2. The molecule has 0 aliphatic heterocycles. The average molecular weight is 1170 g/mol. The Hall–Kier alpha value is -12.1. The van der Waals surface area contributed by atoms with E-state index in [-0.39, 0.29) is 0 Å². The Kier molecular flexibility index (Phi) is 13.1. The zero-order valence-corrected chi connectivity index (χ0v) is 50.2. The smallest absolute Gasteiger partial charge is 0.218 e. The van der Waals surface area contributed by atoms with Gasteiger partial charge in [0.25, 0.3) is 0 Å². The van der Waals surface area contributed by atoms with Crippen LogP contribution in [-0.2, 0) is 0 Å². The van der Waals surface area contributed by atoms with Gasteiger partial charge in [0.1, 0.15) is 46.6 Å². The highest BCUT2D eigenvalue weighted by Gasteiger charge is 2.25. The highest BCUT2D eigenvalue weighted by molar-refractivity contribution is 6.13. The largest absolute Gasteiger partial charge is 0.319 e. The molecular weight excluding hydrogens is 1120 g/mol. The summed E-state index contributed by atoms with van der Waals surface area (Å²) in [5, 5.41) is 3.70. The normalized spacial score (nSPS) is 11.5. The van der Waals surface area contributed by atoms with E-state index in [0.717, 1.165) is 93.8 Å². The molecule has 0 N–H and O–H groups in total. The van der Waals surface area contributed by atoms with Gasteiger partial charge in [-0.25, -0.2) is 79.6 Å². The van der Waals surface area contributed by atoms with E-state index in [9.17, 15) is 6.57 Å². The van der Waals surface area contributed by atoms with Gasteiger partial charge in [0.2, 0.25) is 5.69 Å². The average Bonchev–Trinajstić information content (AvgIpc) is 1.58. The van der Waals surface area contributed by atoms with E-state index in [2.05, 4.69) is 113 Å². The third kappa shape index (κ3) is 9.76. The molecule has 430 valence electrons. The standard InChI is InChI=1S/C72H52N18/c1-38-74-39(2)79-68(78-38)49-24-29-59-55(33-49)56-34-50(69-80-40(3)75-41(4)81-69)25-30-60(56)89(59)63-22-16-21-53(65(63)73-9)48-23-28-54(72-87-66(46-17-12-10-13-18-46)86-67(88-72)47-19-14-11-15-20-47)64(37-48)90-61-31-26-51(70-82-42(5)76-43(6)83-70)35-57(61)58-36-52(27-32-62(58)90)71-84-44(7)77-45(8)85-71/h10-37H,1-8H3. The van der Waals surface area contributed by atoms with Gasteiger partial charge >= 0.3 is 0 Å². The Bertz CT molecular complexity index is 5140. The zero-order chi connectivity index (χ0) is 61.5. The molecule has 0 aliphatic rings. The molecule has 7 aromatic heterocycles. The number of hydrogen-bond donors (Lipinski definition) is 0. The van der Waals surface area contributed by atoms with Crippen molar-refractivity contribution in [3.8, 4) is 102 Å². The van der Waals surface area contributed by atoms with Crippen LogP contribution in [0.3, 0.4) is 0 Å². The molecule has 18 nitrogen and oxygen atoms in total. The summed E-state index contributed by atoms with van der Waals surface area (Å²) in [6, 6.07) is 57.3. The van der Waals surface area contributed by atoms with Crippen molar-refractivity contribution in [1.29, 1.82) is 0 Å². The molecule has 0 spiro atoms. The molecule has 90 heavy (non-hydrogen) atoms. The molecule has 0 bridgehead atoms. The van der Waals surface area contributed by atoms with Gasteiger partial charge in [-0.2, -0.15) is 0 Å². The fourth-order valence-electron chi connectivity index (χ4n) is 12.2. The lowest BCUT2D eigenvalue weighted by atomic mass is 9.98. The molecule has 15 aromatic rings. The molecule has 0 fully saturated rings. The first-order valence-corrected chi connectivity index (χ1v) is 29.3.